The number of hydrogen-bond acceptors (Lipinski definition) is 8. The largest absolute Gasteiger partial charge is 0.497 e. The summed E-state index contributed by atoms with van der Waals surface area (Å²) in [5.74, 6) is -0.542. The number of amides is 1. The van der Waals surface area contributed by atoms with Crippen molar-refractivity contribution >= 4 is 42.4 Å². The molecule has 0 N–H and O–H groups in total. The van der Waals surface area contributed by atoms with Crippen molar-refractivity contribution in [1.29, 1.82) is 0 Å². The van der Waals surface area contributed by atoms with E-state index in [1.54, 1.807) is 12.1 Å². The number of morpholine rings is 1. The zero-order valence-corrected chi connectivity index (χ0v) is 21.0. The van der Waals surface area contributed by atoms with Crippen molar-refractivity contribution in [3.63, 3.8) is 0 Å². The van der Waals surface area contributed by atoms with Crippen LogP contribution in [-0.4, -0.2) is 76.5 Å². The van der Waals surface area contributed by atoms with Crippen LogP contribution >= 0.6 is 11.3 Å². The Bertz CT molecular complexity index is 1240. The number of thiazole rings is 1. The molecule has 0 spiro atoms. The van der Waals surface area contributed by atoms with Crippen LogP contribution in [0.25, 0.3) is 10.2 Å². The molecule has 0 bridgehead atoms. The number of sulfone groups is 1. The maximum atomic E-state index is 13.3. The molecule has 0 atom stereocenters. The van der Waals surface area contributed by atoms with Crippen LogP contribution in [0.2, 0.25) is 0 Å². The first-order chi connectivity index (χ1) is 16.4. The summed E-state index contributed by atoms with van der Waals surface area (Å²) >= 11 is 1.41. The van der Waals surface area contributed by atoms with E-state index in [-0.39, 0.29) is 4.90 Å². The summed E-state index contributed by atoms with van der Waals surface area (Å²) in [7, 11) is -2.30. The SMILES string of the molecule is COc1ccc(S(=O)(=O)CC(=O)N(CCCN2CCOCC2)c2nc3ccc(C)cc3s2)cc1. The Morgan fingerprint density at radius 1 is 1.18 bits per heavy atom. The second-order valence-corrected chi connectivity index (χ2v) is 11.3. The van der Waals surface area contributed by atoms with Crippen LogP contribution in [0.4, 0.5) is 5.13 Å². The third-order valence-corrected chi connectivity index (χ3v) is 8.41. The molecule has 3 aromatic rings. The van der Waals surface area contributed by atoms with Crippen LogP contribution in [0, 0.1) is 6.92 Å². The lowest BCUT2D eigenvalue weighted by molar-refractivity contribution is -0.116. The standard InChI is InChI=1S/C24H29N3O5S2/c1-18-4-9-21-22(16-18)33-24(25-21)27(11-3-10-26-12-14-32-15-13-26)23(28)17-34(29,30)20-7-5-19(31-2)6-8-20/h4-9,16H,3,10-15,17H2,1-2H3. The van der Waals surface area contributed by atoms with Gasteiger partial charge in [0, 0.05) is 26.2 Å². The number of carbonyl (C=O) groups is 1. The number of hydrogen-bond donors (Lipinski definition) is 0. The Morgan fingerprint density at radius 3 is 2.62 bits per heavy atom. The Balaban J connectivity index is 1.54. The zero-order valence-electron chi connectivity index (χ0n) is 19.4. The van der Waals surface area contributed by atoms with Gasteiger partial charge >= 0.3 is 0 Å². The molecule has 4 rings (SSSR count). The molecule has 0 saturated carbocycles. The number of methoxy groups -OCH3 is 1. The van der Waals surface area contributed by atoms with E-state index in [2.05, 4.69) is 9.88 Å². The van der Waals surface area contributed by atoms with Crippen LogP contribution in [0.3, 0.4) is 0 Å². The van der Waals surface area contributed by atoms with Crippen molar-refractivity contribution in [2.24, 2.45) is 0 Å². The van der Waals surface area contributed by atoms with Crippen LogP contribution < -0.4 is 9.64 Å². The van der Waals surface area contributed by atoms with Crippen LogP contribution in [-0.2, 0) is 19.4 Å². The fourth-order valence-corrected chi connectivity index (χ4v) is 6.15. The average Bonchev–Trinajstić information content (AvgIpc) is 3.24. The number of fused-ring (bicyclic) bond motifs is 1. The predicted molar refractivity (Wildman–Crippen MR) is 134 cm³/mol. The Morgan fingerprint density at radius 2 is 1.91 bits per heavy atom. The lowest BCUT2D eigenvalue weighted by Gasteiger charge is -2.27. The zero-order chi connectivity index (χ0) is 24.1. The van der Waals surface area contributed by atoms with Gasteiger partial charge in [0.2, 0.25) is 5.91 Å². The third kappa shape index (κ3) is 5.93. The number of anilines is 1. The highest BCUT2D eigenvalue weighted by Crippen LogP contribution is 2.30. The van der Waals surface area contributed by atoms with E-state index in [1.165, 1.54) is 35.5 Å². The molecule has 0 aliphatic carbocycles. The third-order valence-electron chi connectivity index (χ3n) is 5.76. The minimum atomic E-state index is -3.82. The molecule has 2 aromatic carbocycles. The second-order valence-electron chi connectivity index (χ2n) is 8.26. The first kappa shape index (κ1) is 24.6. The number of aromatic nitrogens is 1. The molecule has 0 radical (unpaired) electrons. The minimum absolute atomic E-state index is 0.0924. The van der Waals surface area contributed by atoms with Gasteiger partial charge in [0.25, 0.3) is 0 Å². The van der Waals surface area contributed by atoms with Crippen LogP contribution in [0.5, 0.6) is 5.75 Å². The predicted octanol–water partition coefficient (Wildman–Crippen LogP) is 3.14. The van der Waals surface area contributed by atoms with Gasteiger partial charge in [-0.3, -0.25) is 14.6 Å². The molecule has 8 nitrogen and oxygen atoms in total. The first-order valence-electron chi connectivity index (χ1n) is 11.2. The van der Waals surface area contributed by atoms with Crippen molar-refractivity contribution in [3.8, 4) is 5.75 Å². The van der Waals surface area contributed by atoms with Crippen molar-refractivity contribution in [2.75, 3.05) is 57.2 Å². The summed E-state index contributed by atoms with van der Waals surface area (Å²) in [6, 6.07) is 12.0. The summed E-state index contributed by atoms with van der Waals surface area (Å²) in [4.78, 5) is 21.9. The lowest BCUT2D eigenvalue weighted by Crippen LogP contribution is -2.40. The monoisotopic (exact) mass is 503 g/mol. The van der Waals surface area contributed by atoms with Gasteiger partial charge in [0.15, 0.2) is 15.0 Å². The van der Waals surface area contributed by atoms with Gasteiger partial charge in [0.05, 0.1) is 35.4 Å². The molecule has 1 aliphatic rings. The molecule has 10 heteroatoms. The van der Waals surface area contributed by atoms with Crippen molar-refractivity contribution in [1.82, 2.24) is 9.88 Å². The van der Waals surface area contributed by atoms with E-state index in [0.29, 0.717) is 37.1 Å². The van der Waals surface area contributed by atoms with Crippen LogP contribution in [0.1, 0.15) is 12.0 Å². The quantitative estimate of drug-likeness (QED) is 0.443. The molecule has 1 aliphatic heterocycles. The van der Waals surface area contributed by atoms with E-state index in [1.807, 2.05) is 25.1 Å². The molecule has 1 aromatic heterocycles. The molecule has 1 amide bonds. The fourth-order valence-electron chi connectivity index (χ4n) is 3.85. The van der Waals surface area contributed by atoms with Gasteiger partial charge in [-0.15, -0.1) is 0 Å². The molecule has 1 saturated heterocycles. The summed E-state index contributed by atoms with van der Waals surface area (Å²) in [6.45, 7) is 6.35. The van der Waals surface area contributed by atoms with E-state index >= 15 is 0 Å². The number of nitrogens with zero attached hydrogens (tertiary/aromatic N) is 3. The van der Waals surface area contributed by atoms with Gasteiger partial charge in [-0.2, -0.15) is 0 Å². The number of rotatable bonds is 9. The topological polar surface area (TPSA) is 89.0 Å². The van der Waals surface area contributed by atoms with Gasteiger partial charge in [-0.05, 0) is 55.3 Å². The van der Waals surface area contributed by atoms with E-state index in [4.69, 9.17) is 9.47 Å². The second kappa shape index (κ2) is 10.8. The van der Waals surface area contributed by atoms with Crippen molar-refractivity contribution < 1.29 is 22.7 Å². The first-order valence-corrected chi connectivity index (χ1v) is 13.7. The molecular weight excluding hydrogens is 474 g/mol. The summed E-state index contributed by atoms with van der Waals surface area (Å²) in [5.41, 5.74) is 1.91. The summed E-state index contributed by atoms with van der Waals surface area (Å²) < 4.78 is 37.5. The number of carbonyl (C=O) groups excluding carboxylic acids is 1. The molecule has 1 fully saturated rings. The Hall–Kier alpha value is -2.53. The van der Waals surface area contributed by atoms with Gasteiger partial charge in [-0.25, -0.2) is 13.4 Å². The molecule has 2 heterocycles. The van der Waals surface area contributed by atoms with Crippen molar-refractivity contribution in [3.05, 3.63) is 48.0 Å². The maximum absolute atomic E-state index is 13.3. The van der Waals surface area contributed by atoms with Gasteiger partial charge in [-0.1, -0.05) is 17.4 Å². The highest BCUT2D eigenvalue weighted by Gasteiger charge is 2.27. The Kier molecular flexibility index (Phi) is 7.82. The molecule has 0 unspecified atom stereocenters. The van der Waals surface area contributed by atoms with E-state index in [9.17, 15) is 13.2 Å². The highest BCUT2D eigenvalue weighted by molar-refractivity contribution is 7.92. The number of ether oxygens (including phenoxy) is 2. The van der Waals surface area contributed by atoms with Gasteiger partial charge < -0.3 is 9.47 Å². The summed E-state index contributed by atoms with van der Waals surface area (Å²) in [6.07, 6.45) is 0.712. The highest BCUT2D eigenvalue weighted by atomic mass is 32.2. The fraction of sp³-hybridized carbons (Fsp3) is 0.417. The normalized spacial score (nSPS) is 14.9. The Labute approximate surface area is 204 Å². The van der Waals surface area contributed by atoms with Crippen molar-refractivity contribution in [2.45, 2.75) is 18.2 Å². The molecular formula is C24H29N3O5S2. The smallest absolute Gasteiger partial charge is 0.244 e. The van der Waals surface area contributed by atoms with Crippen LogP contribution in [0.15, 0.2) is 47.4 Å². The maximum Gasteiger partial charge on any atom is 0.244 e. The lowest BCUT2D eigenvalue weighted by atomic mass is 10.2. The molecule has 34 heavy (non-hydrogen) atoms. The minimum Gasteiger partial charge on any atom is -0.497 e. The van der Waals surface area contributed by atoms with E-state index < -0.39 is 21.5 Å². The number of aryl methyl sites for hydroxylation is 1. The van der Waals surface area contributed by atoms with E-state index in [0.717, 1.165) is 35.4 Å². The average molecular weight is 504 g/mol. The van der Waals surface area contributed by atoms with Gasteiger partial charge in [0.1, 0.15) is 11.5 Å². The number of benzene rings is 2. The molecule has 182 valence electrons. The summed E-state index contributed by atoms with van der Waals surface area (Å²) in [5, 5.41) is 0.525.